The van der Waals surface area contributed by atoms with E-state index in [-0.39, 0.29) is 5.91 Å². The van der Waals surface area contributed by atoms with Gasteiger partial charge < -0.3 is 10.6 Å². The molecule has 0 aliphatic carbocycles. The Morgan fingerprint density at radius 1 is 1.12 bits per heavy atom. The molecule has 4 nitrogen and oxygen atoms in total. The van der Waals surface area contributed by atoms with Crippen LogP contribution in [0.2, 0.25) is 4.47 Å². The minimum atomic E-state index is -0.140. The van der Waals surface area contributed by atoms with Crippen LogP contribution in [-0.2, 0) is 6.54 Å². The van der Waals surface area contributed by atoms with E-state index in [0.29, 0.717) is 16.6 Å². The second-order valence-corrected chi connectivity index (χ2v) is 7.38. The van der Waals surface area contributed by atoms with Crippen molar-refractivity contribution >= 4 is 40.2 Å². The Bertz CT molecular complexity index is 907. The number of para-hydroxylation sites is 1. The van der Waals surface area contributed by atoms with Crippen molar-refractivity contribution in [2.75, 3.05) is 10.6 Å². The molecular weight excluding hydrogens is 354 g/mol. The smallest absolute Gasteiger partial charge is 0.257 e. The summed E-state index contributed by atoms with van der Waals surface area (Å²) in [5.74, 6) is -0.140. The standard InChI is InChI=1S/C19H18ClN3OS/c1-12-6-5-9-16(13(12)2)23-18(24)15-7-3-4-8-17(15)21-10-14-11-22-19(20)25-14/h3-9,11,21H,10H2,1-2H3,(H,23,24). The van der Waals surface area contributed by atoms with Crippen LogP contribution in [0.3, 0.4) is 0 Å². The lowest BCUT2D eigenvalue weighted by Gasteiger charge is -2.13. The molecule has 3 aromatic rings. The van der Waals surface area contributed by atoms with E-state index in [0.717, 1.165) is 27.4 Å². The molecule has 0 saturated carbocycles. The summed E-state index contributed by atoms with van der Waals surface area (Å²) >= 11 is 7.28. The average molecular weight is 372 g/mol. The first-order valence-corrected chi connectivity index (χ1v) is 9.04. The molecule has 1 amide bonds. The maximum absolute atomic E-state index is 12.7. The maximum Gasteiger partial charge on any atom is 0.257 e. The van der Waals surface area contributed by atoms with Gasteiger partial charge in [0.05, 0.1) is 12.1 Å². The van der Waals surface area contributed by atoms with E-state index < -0.39 is 0 Å². The largest absolute Gasteiger partial charge is 0.379 e. The van der Waals surface area contributed by atoms with Gasteiger partial charge in [0.1, 0.15) is 0 Å². The Hall–Kier alpha value is -2.37. The van der Waals surface area contributed by atoms with Gasteiger partial charge in [-0.3, -0.25) is 4.79 Å². The molecule has 0 spiro atoms. The van der Waals surface area contributed by atoms with E-state index >= 15 is 0 Å². The highest BCUT2D eigenvalue weighted by Crippen LogP contribution is 2.23. The van der Waals surface area contributed by atoms with Crippen molar-refractivity contribution in [2.45, 2.75) is 20.4 Å². The van der Waals surface area contributed by atoms with Gasteiger partial charge in [0, 0.05) is 22.4 Å². The van der Waals surface area contributed by atoms with Gasteiger partial charge in [-0.15, -0.1) is 11.3 Å². The number of amides is 1. The Morgan fingerprint density at radius 2 is 1.88 bits per heavy atom. The minimum absolute atomic E-state index is 0.140. The van der Waals surface area contributed by atoms with Crippen molar-refractivity contribution in [3.8, 4) is 0 Å². The van der Waals surface area contributed by atoms with Crippen molar-refractivity contribution < 1.29 is 4.79 Å². The summed E-state index contributed by atoms with van der Waals surface area (Å²) < 4.78 is 0.512. The normalized spacial score (nSPS) is 10.5. The van der Waals surface area contributed by atoms with Gasteiger partial charge in [0.15, 0.2) is 4.47 Å². The predicted octanol–water partition coefficient (Wildman–Crippen LogP) is 5.28. The molecule has 25 heavy (non-hydrogen) atoms. The number of anilines is 2. The van der Waals surface area contributed by atoms with Gasteiger partial charge in [-0.1, -0.05) is 35.9 Å². The Kier molecular flexibility index (Phi) is 5.36. The summed E-state index contributed by atoms with van der Waals surface area (Å²) in [4.78, 5) is 17.8. The molecule has 0 bridgehead atoms. The van der Waals surface area contributed by atoms with Crippen LogP contribution in [0.5, 0.6) is 0 Å². The second-order valence-electron chi connectivity index (χ2n) is 5.68. The zero-order valence-corrected chi connectivity index (χ0v) is 15.5. The van der Waals surface area contributed by atoms with Crippen LogP contribution in [0.25, 0.3) is 0 Å². The number of nitrogens with one attached hydrogen (secondary N) is 2. The third-order valence-electron chi connectivity index (χ3n) is 4.00. The minimum Gasteiger partial charge on any atom is -0.379 e. The molecule has 128 valence electrons. The molecule has 0 saturated heterocycles. The third-order valence-corrected chi connectivity index (χ3v) is 5.12. The molecule has 2 aromatic carbocycles. The molecule has 2 N–H and O–H groups in total. The third kappa shape index (κ3) is 4.18. The van der Waals surface area contributed by atoms with Crippen LogP contribution in [0.15, 0.2) is 48.7 Å². The lowest BCUT2D eigenvalue weighted by molar-refractivity contribution is 0.102. The number of nitrogens with zero attached hydrogens (tertiary/aromatic N) is 1. The number of hydrogen-bond donors (Lipinski definition) is 2. The van der Waals surface area contributed by atoms with Crippen molar-refractivity contribution in [3.05, 3.63) is 74.7 Å². The number of hydrogen-bond acceptors (Lipinski definition) is 4. The van der Waals surface area contributed by atoms with Gasteiger partial charge in [-0.25, -0.2) is 4.98 Å². The number of carbonyl (C=O) groups is 1. The summed E-state index contributed by atoms with van der Waals surface area (Å²) in [5, 5.41) is 6.29. The lowest BCUT2D eigenvalue weighted by Crippen LogP contribution is -2.15. The fourth-order valence-corrected chi connectivity index (χ4v) is 3.38. The average Bonchev–Trinajstić information content (AvgIpc) is 3.03. The topological polar surface area (TPSA) is 54.0 Å². The van der Waals surface area contributed by atoms with E-state index in [1.54, 1.807) is 6.20 Å². The van der Waals surface area contributed by atoms with Crippen LogP contribution in [0.1, 0.15) is 26.4 Å². The number of thiazole rings is 1. The Balaban J connectivity index is 1.77. The number of aromatic nitrogens is 1. The van der Waals surface area contributed by atoms with E-state index in [2.05, 4.69) is 15.6 Å². The molecule has 0 aliphatic heterocycles. The van der Waals surface area contributed by atoms with Gasteiger partial charge in [0.2, 0.25) is 0 Å². The second kappa shape index (κ2) is 7.68. The molecule has 0 aliphatic rings. The summed E-state index contributed by atoms with van der Waals surface area (Å²) in [5.41, 5.74) is 4.41. The van der Waals surface area contributed by atoms with Crippen LogP contribution in [0.4, 0.5) is 11.4 Å². The lowest BCUT2D eigenvalue weighted by atomic mass is 10.1. The summed E-state index contributed by atoms with van der Waals surface area (Å²) in [7, 11) is 0. The van der Waals surface area contributed by atoms with Crippen LogP contribution < -0.4 is 10.6 Å². The van der Waals surface area contributed by atoms with Crippen molar-refractivity contribution in [2.24, 2.45) is 0 Å². The molecular formula is C19H18ClN3OS. The van der Waals surface area contributed by atoms with Crippen molar-refractivity contribution in [3.63, 3.8) is 0 Å². The van der Waals surface area contributed by atoms with Crippen molar-refractivity contribution in [1.29, 1.82) is 0 Å². The number of rotatable bonds is 5. The molecule has 0 radical (unpaired) electrons. The summed E-state index contributed by atoms with van der Waals surface area (Å²) in [6, 6.07) is 13.3. The molecule has 0 fully saturated rings. The van der Waals surface area contributed by atoms with E-state index in [9.17, 15) is 4.79 Å². The van der Waals surface area contributed by atoms with Crippen molar-refractivity contribution in [1.82, 2.24) is 4.98 Å². The Morgan fingerprint density at radius 3 is 2.64 bits per heavy atom. The molecule has 0 atom stereocenters. The highest BCUT2D eigenvalue weighted by Gasteiger charge is 2.13. The molecule has 3 rings (SSSR count). The van der Waals surface area contributed by atoms with Crippen LogP contribution in [-0.4, -0.2) is 10.9 Å². The quantitative estimate of drug-likeness (QED) is 0.641. The molecule has 0 unspecified atom stereocenters. The van der Waals surface area contributed by atoms with E-state index in [1.807, 2.05) is 56.3 Å². The number of benzene rings is 2. The molecule has 1 aromatic heterocycles. The fourth-order valence-electron chi connectivity index (χ4n) is 2.46. The maximum atomic E-state index is 12.7. The zero-order valence-electron chi connectivity index (χ0n) is 14.0. The highest BCUT2D eigenvalue weighted by atomic mass is 35.5. The predicted molar refractivity (Wildman–Crippen MR) is 105 cm³/mol. The zero-order chi connectivity index (χ0) is 17.8. The summed E-state index contributed by atoms with van der Waals surface area (Å²) in [6.07, 6.45) is 1.73. The first kappa shape index (κ1) is 17.5. The highest BCUT2D eigenvalue weighted by molar-refractivity contribution is 7.15. The first-order chi connectivity index (χ1) is 12.0. The molecule has 1 heterocycles. The van der Waals surface area contributed by atoms with Crippen LogP contribution in [0, 0.1) is 13.8 Å². The SMILES string of the molecule is Cc1cccc(NC(=O)c2ccccc2NCc2cnc(Cl)s2)c1C. The van der Waals surface area contributed by atoms with Crippen LogP contribution >= 0.6 is 22.9 Å². The number of carbonyl (C=O) groups excluding carboxylic acids is 1. The number of aryl methyl sites for hydroxylation is 1. The Labute approximate surface area is 155 Å². The van der Waals surface area contributed by atoms with Gasteiger partial charge in [-0.2, -0.15) is 0 Å². The van der Waals surface area contributed by atoms with E-state index in [1.165, 1.54) is 11.3 Å². The van der Waals surface area contributed by atoms with Gasteiger partial charge >= 0.3 is 0 Å². The van der Waals surface area contributed by atoms with Gasteiger partial charge in [0.25, 0.3) is 5.91 Å². The molecule has 6 heteroatoms. The summed E-state index contributed by atoms with van der Waals surface area (Å²) in [6.45, 7) is 4.60. The monoisotopic (exact) mass is 371 g/mol. The first-order valence-electron chi connectivity index (χ1n) is 7.85. The number of halogens is 1. The fraction of sp³-hybridized carbons (Fsp3) is 0.158. The van der Waals surface area contributed by atoms with Gasteiger partial charge in [-0.05, 0) is 43.2 Å². The van der Waals surface area contributed by atoms with E-state index in [4.69, 9.17) is 11.6 Å².